The topological polar surface area (TPSA) is 74.0 Å². The van der Waals surface area contributed by atoms with Crippen LogP contribution in [0.4, 0.5) is 8.78 Å². The zero-order chi connectivity index (χ0) is 17.0. The van der Waals surface area contributed by atoms with Crippen molar-refractivity contribution in [3.63, 3.8) is 0 Å². The number of alkyl halides is 2. The molecule has 1 heterocycles. The third-order valence-electron chi connectivity index (χ3n) is 3.82. The fourth-order valence-corrected chi connectivity index (χ4v) is 2.60. The largest absolute Gasteiger partial charge is 0.493 e. The molecule has 1 saturated heterocycles. The summed E-state index contributed by atoms with van der Waals surface area (Å²) in [5, 5.41) is 0. The molecule has 0 bridgehead atoms. The maximum Gasteiger partial charge on any atom is 0.387 e. The maximum absolute atomic E-state index is 12.6. The number of hydrogen-bond donors (Lipinski definition) is 1. The first kappa shape index (κ1) is 17.3. The Hall–Kier alpha value is -2.09. The van der Waals surface area contributed by atoms with Gasteiger partial charge in [0.1, 0.15) is 0 Å². The highest BCUT2D eigenvalue weighted by atomic mass is 19.3. The molecule has 128 valence electrons. The van der Waals surface area contributed by atoms with Gasteiger partial charge in [0, 0.05) is 18.7 Å². The number of amides is 1. The first-order valence-electron chi connectivity index (χ1n) is 7.20. The van der Waals surface area contributed by atoms with E-state index in [1.807, 2.05) is 0 Å². The molecule has 2 N–H and O–H groups in total. The lowest BCUT2D eigenvalue weighted by atomic mass is 10.1. The third kappa shape index (κ3) is 3.82. The van der Waals surface area contributed by atoms with Gasteiger partial charge in [-0.25, -0.2) is 0 Å². The van der Waals surface area contributed by atoms with E-state index in [1.165, 1.54) is 26.4 Å². The predicted octanol–water partition coefficient (Wildman–Crippen LogP) is 1.73. The summed E-state index contributed by atoms with van der Waals surface area (Å²) in [7, 11) is 2.61. The molecule has 23 heavy (non-hydrogen) atoms. The summed E-state index contributed by atoms with van der Waals surface area (Å²) in [6.45, 7) is -1.31. The molecule has 1 aromatic rings. The lowest BCUT2D eigenvalue weighted by Gasteiger charge is -2.19. The number of benzene rings is 1. The quantitative estimate of drug-likeness (QED) is 0.860. The summed E-state index contributed by atoms with van der Waals surface area (Å²) in [6, 6.07) is 2.75. The number of halogens is 2. The number of carbonyl (C=O) groups excluding carboxylic acids is 1. The summed E-state index contributed by atoms with van der Waals surface area (Å²) < 4.78 is 39.6. The standard InChI is InChI=1S/C15H20F2N2O4/c1-21-11-5-10(6-12(22-2)13(11)23-15(16)17)14(20)19-4-3-9(7-18)8-19/h5-6,9,15H,3-4,7-8,18H2,1-2H3. The van der Waals surface area contributed by atoms with Gasteiger partial charge in [-0.3, -0.25) is 4.79 Å². The zero-order valence-electron chi connectivity index (χ0n) is 13.1. The van der Waals surface area contributed by atoms with Crippen LogP contribution in [0.25, 0.3) is 0 Å². The van der Waals surface area contributed by atoms with E-state index < -0.39 is 6.61 Å². The number of rotatable bonds is 6. The normalized spacial score (nSPS) is 17.5. The van der Waals surface area contributed by atoms with Crippen molar-refractivity contribution in [3.8, 4) is 17.2 Å². The van der Waals surface area contributed by atoms with Crippen LogP contribution in [0.15, 0.2) is 12.1 Å². The van der Waals surface area contributed by atoms with E-state index in [-0.39, 0.29) is 34.6 Å². The van der Waals surface area contributed by atoms with Crippen molar-refractivity contribution >= 4 is 5.91 Å². The molecule has 2 rings (SSSR count). The van der Waals surface area contributed by atoms with Gasteiger partial charge in [-0.1, -0.05) is 0 Å². The number of hydrogen-bond acceptors (Lipinski definition) is 5. The lowest BCUT2D eigenvalue weighted by molar-refractivity contribution is -0.0526. The Morgan fingerprint density at radius 1 is 1.35 bits per heavy atom. The van der Waals surface area contributed by atoms with E-state index in [0.717, 1.165) is 6.42 Å². The molecule has 0 spiro atoms. The Morgan fingerprint density at radius 2 is 1.96 bits per heavy atom. The predicted molar refractivity (Wildman–Crippen MR) is 79.2 cm³/mol. The Balaban J connectivity index is 2.30. The number of nitrogens with zero attached hydrogens (tertiary/aromatic N) is 1. The number of carbonyl (C=O) groups is 1. The SMILES string of the molecule is COc1cc(C(=O)N2CCC(CN)C2)cc(OC)c1OC(F)F. The number of methoxy groups -OCH3 is 2. The van der Waals surface area contributed by atoms with Crippen LogP contribution in [0.5, 0.6) is 17.2 Å². The van der Waals surface area contributed by atoms with Gasteiger partial charge in [0.25, 0.3) is 5.91 Å². The molecule has 0 radical (unpaired) electrons. The summed E-state index contributed by atoms with van der Waals surface area (Å²) in [6.07, 6.45) is 0.850. The van der Waals surface area contributed by atoms with E-state index in [9.17, 15) is 13.6 Å². The smallest absolute Gasteiger partial charge is 0.387 e. The molecule has 6 nitrogen and oxygen atoms in total. The zero-order valence-corrected chi connectivity index (χ0v) is 13.1. The Morgan fingerprint density at radius 3 is 2.39 bits per heavy atom. The number of likely N-dealkylation sites (tertiary alicyclic amines) is 1. The minimum atomic E-state index is -3.02. The second kappa shape index (κ2) is 7.45. The van der Waals surface area contributed by atoms with Crippen LogP contribution in [0.2, 0.25) is 0 Å². The minimum Gasteiger partial charge on any atom is -0.493 e. The Bertz CT molecular complexity index is 543. The molecule has 0 aromatic heterocycles. The van der Waals surface area contributed by atoms with Crippen LogP contribution >= 0.6 is 0 Å². The van der Waals surface area contributed by atoms with Crippen molar-refractivity contribution in [2.24, 2.45) is 11.7 Å². The minimum absolute atomic E-state index is 0.0163. The fourth-order valence-electron chi connectivity index (χ4n) is 2.60. The molecule has 8 heteroatoms. The van der Waals surface area contributed by atoms with Crippen LogP contribution in [0.3, 0.4) is 0 Å². The molecule has 1 aliphatic heterocycles. The van der Waals surface area contributed by atoms with Crippen molar-refractivity contribution in [1.29, 1.82) is 0 Å². The van der Waals surface area contributed by atoms with Crippen LogP contribution in [0.1, 0.15) is 16.8 Å². The molecule has 0 saturated carbocycles. The van der Waals surface area contributed by atoms with Crippen LogP contribution in [0, 0.1) is 5.92 Å². The fraction of sp³-hybridized carbons (Fsp3) is 0.533. The Labute approximate surface area is 133 Å². The van der Waals surface area contributed by atoms with E-state index in [2.05, 4.69) is 4.74 Å². The average molecular weight is 330 g/mol. The lowest BCUT2D eigenvalue weighted by Crippen LogP contribution is -2.29. The summed E-state index contributed by atoms with van der Waals surface area (Å²) >= 11 is 0. The van der Waals surface area contributed by atoms with Crippen molar-refractivity contribution in [1.82, 2.24) is 4.90 Å². The van der Waals surface area contributed by atoms with Gasteiger partial charge < -0.3 is 24.8 Å². The highest BCUT2D eigenvalue weighted by Gasteiger charge is 2.28. The molecular weight excluding hydrogens is 310 g/mol. The number of nitrogens with two attached hydrogens (primary N) is 1. The summed E-state index contributed by atoms with van der Waals surface area (Å²) in [5.74, 6) is -0.140. The van der Waals surface area contributed by atoms with Gasteiger partial charge in [-0.05, 0) is 31.0 Å². The van der Waals surface area contributed by atoms with E-state index in [1.54, 1.807) is 4.90 Å². The molecule has 1 aliphatic rings. The van der Waals surface area contributed by atoms with Crippen molar-refractivity contribution in [2.75, 3.05) is 33.9 Å². The van der Waals surface area contributed by atoms with Gasteiger partial charge in [0.05, 0.1) is 14.2 Å². The molecule has 0 aliphatic carbocycles. The molecule has 1 amide bonds. The van der Waals surface area contributed by atoms with Crippen molar-refractivity contribution in [2.45, 2.75) is 13.0 Å². The summed E-state index contributed by atoms with van der Waals surface area (Å²) in [5.41, 5.74) is 5.92. The van der Waals surface area contributed by atoms with E-state index >= 15 is 0 Å². The van der Waals surface area contributed by atoms with Gasteiger partial charge in [0.2, 0.25) is 5.75 Å². The first-order valence-corrected chi connectivity index (χ1v) is 7.20. The van der Waals surface area contributed by atoms with Crippen LogP contribution in [-0.4, -0.2) is 51.3 Å². The highest BCUT2D eigenvalue weighted by Crippen LogP contribution is 2.40. The van der Waals surface area contributed by atoms with Crippen molar-refractivity contribution in [3.05, 3.63) is 17.7 Å². The van der Waals surface area contributed by atoms with E-state index in [4.69, 9.17) is 15.2 Å². The molecular formula is C15H20F2N2O4. The Kier molecular flexibility index (Phi) is 5.59. The average Bonchev–Trinajstić information content (AvgIpc) is 3.02. The third-order valence-corrected chi connectivity index (χ3v) is 3.82. The molecule has 1 fully saturated rings. The van der Waals surface area contributed by atoms with Crippen LogP contribution < -0.4 is 19.9 Å². The molecule has 1 atom stereocenters. The number of ether oxygens (including phenoxy) is 3. The van der Waals surface area contributed by atoms with Gasteiger partial charge in [-0.15, -0.1) is 0 Å². The molecule has 1 unspecified atom stereocenters. The maximum atomic E-state index is 12.6. The second-order valence-electron chi connectivity index (χ2n) is 5.23. The highest BCUT2D eigenvalue weighted by molar-refractivity contribution is 5.95. The summed E-state index contributed by atoms with van der Waals surface area (Å²) in [4.78, 5) is 14.2. The monoisotopic (exact) mass is 330 g/mol. The van der Waals surface area contributed by atoms with Crippen LogP contribution in [-0.2, 0) is 0 Å². The first-order chi connectivity index (χ1) is 11.0. The van der Waals surface area contributed by atoms with Gasteiger partial charge in [0.15, 0.2) is 11.5 Å². The second-order valence-corrected chi connectivity index (χ2v) is 5.23. The molecule has 1 aromatic carbocycles. The van der Waals surface area contributed by atoms with Gasteiger partial charge in [-0.2, -0.15) is 8.78 Å². The van der Waals surface area contributed by atoms with Gasteiger partial charge >= 0.3 is 6.61 Å². The van der Waals surface area contributed by atoms with Crippen molar-refractivity contribution < 1.29 is 27.8 Å². The van der Waals surface area contributed by atoms with E-state index in [0.29, 0.717) is 19.6 Å².